The van der Waals surface area contributed by atoms with Crippen molar-refractivity contribution in [2.45, 2.75) is 13.8 Å². The first-order valence-corrected chi connectivity index (χ1v) is 8.67. The van der Waals surface area contributed by atoms with Gasteiger partial charge in [-0.2, -0.15) is 9.30 Å². The van der Waals surface area contributed by atoms with Gasteiger partial charge in [-0.3, -0.25) is 20.4 Å². The number of nitrogens with one attached hydrogen (secondary N) is 2. The first kappa shape index (κ1) is 19.3. The van der Waals surface area contributed by atoms with E-state index in [1.165, 1.54) is 10.4 Å². The number of halogens is 1. The fraction of sp³-hybridized carbons (Fsp3) is 0.167. The van der Waals surface area contributed by atoms with Crippen molar-refractivity contribution in [3.8, 4) is 22.8 Å². The van der Waals surface area contributed by atoms with Crippen LogP contribution in [-0.2, 0) is 4.79 Å². The summed E-state index contributed by atoms with van der Waals surface area (Å²) in [6, 6.07) is 6.01. The maximum Gasteiger partial charge on any atom is 0.327 e. The van der Waals surface area contributed by atoms with E-state index in [0.717, 1.165) is 5.56 Å². The highest BCUT2D eigenvalue weighted by molar-refractivity contribution is 6.14. The zero-order valence-electron chi connectivity index (χ0n) is 15.1. The number of carbonyl (C=O) groups excluding carboxylic acids is 2. The van der Waals surface area contributed by atoms with E-state index in [1.807, 2.05) is 0 Å². The van der Waals surface area contributed by atoms with Crippen molar-refractivity contribution in [2.24, 2.45) is 5.92 Å². The maximum absolute atomic E-state index is 11.7. The summed E-state index contributed by atoms with van der Waals surface area (Å²) in [6.45, 7) is 3.39. The monoisotopic (exact) mass is 400 g/mol. The van der Waals surface area contributed by atoms with Gasteiger partial charge in [-0.15, -0.1) is 0 Å². The Morgan fingerprint density at radius 3 is 2.61 bits per heavy atom. The van der Waals surface area contributed by atoms with Gasteiger partial charge in [0.15, 0.2) is 0 Å². The summed E-state index contributed by atoms with van der Waals surface area (Å²) in [5.41, 5.74) is 1.40. The average molecular weight is 401 g/mol. The van der Waals surface area contributed by atoms with E-state index in [1.54, 1.807) is 56.7 Å². The quantitative estimate of drug-likeness (QED) is 0.678. The Morgan fingerprint density at radius 2 is 1.96 bits per heavy atom. The van der Waals surface area contributed by atoms with Gasteiger partial charge in [0.1, 0.15) is 17.3 Å². The Bertz CT molecular complexity index is 987. The molecule has 3 heterocycles. The van der Waals surface area contributed by atoms with Crippen LogP contribution in [-0.4, -0.2) is 31.2 Å². The molecule has 9 nitrogen and oxygen atoms in total. The molecule has 0 aliphatic heterocycles. The van der Waals surface area contributed by atoms with Gasteiger partial charge in [-0.05, 0) is 18.2 Å². The van der Waals surface area contributed by atoms with Gasteiger partial charge >= 0.3 is 6.03 Å². The minimum absolute atomic E-state index is 0.284. The lowest BCUT2D eigenvalue weighted by molar-refractivity contribution is -0.122. The lowest BCUT2D eigenvalue weighted by Gasteiger charge is -2.09. The van der Waals surface area contributed by atoms with Crippen molar-refractivity contribution in [1.29, 1.82) is 0 Å². The molecule has 3 rings (SSSR count). The minimum Gasteiger partial charge on any atom is -0.456 e. The van der Waals surface area contributed by atoms with Gasteiger partial charge in [0.05, 0.1) is 24.3 Å². The summed E-state index contributed by atoms with van der Waals surface area (Å²) in [5, 5.41) is 8.60. The summed E-state index contributed by atoms with van der Waals surface area (Å²) in [7, 11) is 0. The maximum atomic E-state index is 11.7. The standard InChI is InChI=1S/C18H17ClN6O3/c1-11(2)17(26)24-18(27)23-16-4-3-14(9-21-16)28-13-5-6-20-15(7-13)12-8-22-25(19)10-12/h3-11H,1-2H3,(H2,21,23,24,26,27). The molecule has 3 aromatic rings. The SMILES string of the molecule is CC(C)C(=O)NC(=O)Nc1ccc(Oc2ccnc(-c3cnn(Cl)c3)c2)cn1. The molecule has 0 bridgehead atoms. The van der Waals surface area contributed by atoms with Crippen molar-refractivity contribution in [3.63, 3.8) is 0 Å². The number of anilines is 1. The molecule has 0 fully saturated rings. The molecule has 0 aliphatic rings. The highest BCUT2D eigenvalue weighted by Crippen LogP contribution is 2.25. The van der Waals surface area contributed by atoms with E-state index < -0.39 is 6.03 Å². The number of aromatic nitrogens is 4. The topological polar surface area (TPSA) is 111 Å². The van der Waals surface area contributed by atoms with Crippen LogP contribution in [0.1, 0.15) is 13.8 Å². The highest BCUT2D eigenvalue weighted by Gasteiger charge is 2.12. The number of pyridine rings is 2. The molecule has 2 N–H and O–H groups in total. The van der Waals surface area contributed by atoms with Crippen LogP contribution in [0.5, 0.6) is 11.5 Å². The van der Waals surface area contributed by atoms with E-state index in [2.05, 4.69) is 25.7 Å². The van der Waals surface area contributed by atoms with Gasteiger partial charge in [0.2, 0.25) is 5.91 Å². The molecular weight excluding hydrogens is 384 g/mol. The Hall–Kier alpha value is -3.46. The van der Waals surface area contributed by atoms with Crippen molar-refractivity contribution in [3.05, 3.63) is 49.1 Å². The molecule has 0 saturated carbocycles. The molecule has 3 aromatic heterocycles. The Balaban J connectivity index is 1.63. The largest absolute Gasteiger partial charge is 0.456 e. The Labute approximate surface area is 165 Å². The second-order valence-electron chi connectivity index (χ2n) is 6.07. The number of urea groups is 1. The third-order valence-electron chi connectivity index (χ3n) is 3.55. The lowest BCUT2D eigenvalue weighted by Crippen LogP contribution is -2.37. The predicted octanol–water partition coefficient (Wildman–Crippen LogP) is 3.44. The van der Waals surface area contributed by atoms with Crippen LogP contribution in [0.3, 0.4) is 0 Å². The molecule has 144 valence electrons. The molecule has 0 aromatic carbocycles. The van der Waals surface area contributed by atoms with E-state index in [9.17, 15) is 9.59 Å². The highest BCUT2D eigenvalue weighted by atomic mass is 35.5. The number of ether oxygens (including phenoxy) is 1. The second kappa shape index (κ2) is 8.49. The van der Waals surface area contributed by atoms with Crippen LogP contribution < -0.4 is 15.4 Å². The van der Waals surface area contributed by atoms with Gasteiger partial charge in [0.25, 0.3) is 0 Å². The molecule has 0 saturated heterocycles. The van der Waals surface area contributed by atoms with E-state index >= 15 is 0 Å². The summed E-state index contributed by atoms with van der Waals surface area (Å²) >= 11 is 5.76. The van der Waals surface area contributed by atoms with Crippen LogP contribution in [0.15, 0.2) is 49.1 Å². The van der Waals surface area contributed by atoms with E-state index in [0.29, 0.717) is 17.2 Å². The Morgan fingerprint density at radius 1 is 1.14 bits per heavy atom. The van der Waals surface area contributed by atoms with Crippen molar-refractivity contribution < 1.29 is 14.3 Å². The summed E-state index contributed by atoms with van der Waals surface area (Å²) in [5.74, 6) is 0.639. The molecule has 0 radical (unpaired) electrons. The number of hydrogen-bond donors (Lipinski definition) is 2. The van der Waals surface area contributed by atoms with E-state index in [4.69, 9.17) is 16.5 Å². The molecule has 0 aliphatic carbocycles. The second-order valence-corrected chi connectivity index (χ2v) is 6.42. The van der Waals surface area contributed by atoms with Gasteiger partial charge in [-0.25, -0.2) is 9.78 Å². The zero-order chi connectivity index (χ0) is 20.1. The van der Waals surface area contributed by atoms with Gasteiger partial charge in [0, 0.05) is 35.5 Å². The molecule has 0 atom stereocenters. The number of rotatable bonds is 5. The lowest BCUT2D eigenvalue weighted by atomic mass is 10.2. The van der Waals surface area contributed by atoms with Gasteiger partial charge < -0.3 is 4.74 Å². The van der Waals surface area contributed by atoms with Crippen molar-refractivity contribution in [2.75, 3.05) is 5.32 Å². The number of imide groups is 1. The van der Waals surface area contributed by atoms with E-state index in [-0.39, 0.29) is 17.6 Å². The third-order valence-corrected chi connectivity index (χ3v) is 3.74. The van der Waals surface area contributed by atoms with Gasteiger partial charge in [-0.1, -0.05) is 13.8 Å². The molecule has 0 unspecified atom stereocenters. The molecule has 28 heavy (non-hydrogen) atoms. The van der Waals surface area contributed by atoms with Crippen LogP contribution >= 0.6 is 11.8 Å². The van der Waals surface area contributed by atoms with Crippen molar-refractivity contribution in [1.82, 2.24) is 24.6 Å². The summed E-state index contributed by atoms with van der Waals surface area (Å²) in [6.07, 6.45) is 6.29. The van der Waals surface area contributed by atoms with Crippen LogP contribution in [0.25, 0.3) is 11.3 Å². The van der Waals surface area contributed by atoms with Crippen molar-refractivity contribution >= 4 is 29.5 Å². The smallest absolute Gasteiger partial charge is 0.327 e. The number of nitrogens with zero attached hydrogens (tertiary/aromatic N) is 4. The number of hydrogen-bond acceptors (Lipinski definition) is 6. The Kier molecular flexibility index (Phi) is 5.85. The van der Waals surface area contributed by atoms with Crippen LogP contribution in [0, 0.1) is 5.92 Å². The first-order valence-electron chi connectivity index (χ1n) is 8.33. The molecule has 3 amide bonds. The summed E-state index contributed by atoms with van der Waals surface area (Å²) < 4.78 is 6.93. The third kappa shape index (κ3) is 5.04. The molecule has 10 heteroatoms. The fourth-order valence-corrected chi connectivity index (χ4v) is 2.27. The first-order chi connectivity index (χ1) is 13.4. The average Bonchev–Trinajstić information content (AvgIpc) is 3.10. The zero-order valence-corrected chi connectivity index (χ0v) is 15.8. The predicted molar refractivity (Wildman–Crippen MR) is 103 cm³/mol. The molecule has 0 spiro atoms. The minimum atomic E-state index is -0.640. The van der Waals surface area contributed by atoms with Crippen LogP contribution in [0.2, 0.25) is 0 Å². The number of carbonyl (C=O) groups is 2. The summed E-state index contributed by atoms with van der Waals surface area (Å²) in [4.78, 5) is 31.6. The van der Waals surface area contributed by atoms with Crippen LogP contribution in [0.4, 0.5) is 10.6 Å². The normalized spacial score (nSPS) is 10.6. The number of amides is 3. The fourth-order valence-electron chi connectivity index (χ4n) is 2.12. The molecular formula is C18H17ClN6O3.